The smallest absolute Gasteiger partial charge is 0.250 e. The highest BCUT2D eigenvalue weighted by Crippen LogP contribution is 2.28. The summed E-state index contributed by atoms with van der Waals surface area (Å²) < 4.78 is 42.7. The summed E-state index contributed by atoms with van der Waals surface area (Å²) >= 11 is 1.28. The molecule has 5 nitrogen and oxygen atoms in total. The molecule has 0 unspecified atom stereocenters. The Morgan fingerprint density at radius 2 is 1.93 bits per heavy atom. The summed E-state index contributed by atoms with van der Waals surface area (Å²) in [6.45, 7) is 1.94. The number of hydrogen-bond acceptors (Lipinski definition) is 5. The quantitative estimate of drug-likeness (QED) is 0.512. The van der Waals surface area contributed by atoms with Crippen LogP contribution in [0.3, 0.4) is 0 Å². The van der Waals surface area contributed by atoms with Gasteiger partial charge in [0.1, 0.15) is 10.0 Å². The number of halogens is 1. The van der Waals surface area contributed by atoms with E-state index in [-0.39, 0.29) is 12.4 Å². The number of nitrogens with two attached hydrogens (primary N) is 1. The van der Waals surface area contributed by atoms with Gasteiger partial charge in [0.05, 0.1) is 0 Å². The van der Waals surface area contributed by atoms with Crippen molar-refractivity contribution in [2.75, 3.05) is 26.7 Å². The van der Waals surface area contributed by atoms with Crippen LogP contribution in [0, 0.1) is 5.82 Å². The summed E-state index contributed by atoms with van der Waals surface area (Å²) in [5.74, 6) is -0.256. The predicted molar refractivity (Wildman–Crippen MR) is 117 cm³/mol. The highest BCUT2D eigenvalue weighted by atomic mass is 32.2. The standard InChI is InChI=1S/C21H26FN3O2S2/c1-25(11-4-5-16-8-9-18(15-23)19(22)13-16)12-10-24-29(26,27)21-14-17-6-2-3-7-20(17)28-21/h2-3,6-9,13-14,24H,4-5,10-12,15,23H2,1H3. The average molecular weight is 436 g/mol. The summed E-state index contributed by atoms with van der Waals surface area (Å²) in [6.07, 6.45) is 1.63. The van der Waals surface area contributed by atoms with Crippen LogP contribution in [0.5, 0.6) is 0 Å². The zero-order chi connectivity index (χ0) is 20.9. The lowest BCUT2D eigenvalue weighted by Crippen LogP contribution is -2.33. The Labute approximate surface area is 175 Å². The highest BCUT2D eigenvalue weighted by Gasteiger charge is 2.17. The van der Waals surface area contributed by atoms with E-state index in [2.05, 4.69) is 9.62 Å². The first-order chi connectivity index (χ1) is 13.9. The van der Waals surface area contributed by atoms with Gasteiger partial charge in [-0.25, -0.2) is 17.5 Å². The third-order valence-corrected chi connectivity index (χ3v) is 7.85. The van der Waals surface area contributed by atoms with Crippen molar-refractivity contribution in [2.45, 2.75) is 23.6 Å². The molecule has 0 amide bonds. The summed E-state index contributed by atoms with van der Waals surface area (Å²) in [7, 11) is -1.55. The molecule has 0 aliphatic rings. The van der Waals surface area contributed by atoms with Crippen molar-refractivity contribution in [3.63, 3.8) is 0 Å². The monoisotopic (exact) mass is 435 g/mol. The van der Waals surface area contributed by atoms with E-state index in [1.807, 2.05) is 37.4 Å². The Morgan fingerprint density at radius 1 is 1.14 bits per heavy atom. The van der Waals surface area contributed by atoms with Crippen molar-refractivity contribution in [1.82, 2.24) is 9.62 Å². The Hall–Kier alpha value is -1.84. The van der Waals surface area contributed by atoms with E-state index < -0.39 is 10.0 Å². The van der Waals surface area contributed by atoms with Gasteiger partial charge in [0.2, 0.25) is 10.0 Å². The molecule has 3 aromatic rings. The summed E-state index contributed by atoms with van der Waals surface area (Å²) in [4.78, 5) is 2.07. The fourth-order valence-corrected chi connectivity index (χ4v) is 5.57. The number of nitrogens with zero attached hydrogens (tertiary/aromatic N) is 1. The van der Waals surface area contributed by atoms with Gasteiger partial charge in [0.25, 0.3) is 0 Å². The first-order valence-electron chi connectivity index (χ1n) is 9.53. The van der Waals surface area contributed by atoms with E-state index in [9.17, 15) is 12.8 Å². The second kappa shape index (κ2) is 9.77. The van der Waals surface area contributed by atoms with Crippen molar-refractivity contribution in [3.8, 4) is 0 Å². The van der Waals surface area contributed by atoms with Crippen LogP contribution in [0.1, 0.15) is 17.5 Å². The van der Waals surface area contributed by atoms with Gasteiger partial charge in [0.15, 0.2) is 0 Å². The Balaban J connectivity index is 1.43. The maximum absolute atomic E-state index is 13.8. The summed E-state index contributed by atoms with van der Waals surface area (Å²) in [5.41, 5.74) is 6.95. The third-order valence-electron chi connectivity index (χ3n) is 4.80. The molecule has 0 aliphatic carbocycles. The number of thiophene rings is 1. The first kappa shape index (κ1) is 21.9. The Bertz CT molecular complexity index is 1030. The van der Waals surface area contributed by atoms with E-state index in [1.165, 1.54) is 11.3 Å². The number of nitrogens with one attached hydrogen (secondary N) is 1. The molecule has 156 valence electrons. The minimum Gasteiger partial charge on any atom is -0.326 e. The van der Waals surface area contributed by atoms with Crippen molar-refractivity contribution >= 4 is 31.4 Å². The third kappa shape index (κ3) is 5.83. The van der Waals surface area contributed by atoms with Gasteiger partial charge in [-0.15, -0.1) is 11.3 Å². The number of sulfonamides is 1. The molecule has 0 aliphatic heterocycles. The van der Waals surface area contributed by atoms with Crippen molar-refractivity contribution in [3.05, 3.63) is 65.5 Å². The lowest BCUT2D eigenvalue weighted by Gasteiger charge is -2.16. The molecule has 1 aromatic heterocycles. The van der Waals surface area contributed by atoms with Gasteiger partial charge in [-0.05, 0) is 55.6 Å². The fraction of sp³-hybridized carbons (Fsp3) is 0.333. The fourth-order valence-electron chi connectivity index (χ4n) is 3.11. The van der Waals surface area contributed by atoms with Crippen LogP contribution in [0.4, 0.5) is 4.39 Å². The number of hydrogen-bond donors (Lipinski definition) is 2. The van der Waals surface area contributed by atoms with Gasteiger partial charge >= 0.3 is 0 Å². The van der Waals surface area contributed by atoms with E-state index in [4.69, 9.17) is 5.73 Å². The molecule has 0 saturated carbocycles. The Morgan fingerprint density at radius 3 is 2.66 bits per heavy atom. The van der Waals surface area contributed by atoms with Gasteiger partial charge < -0.3 is 10.6 Å². The highest BCUT2D eigenvalue weighted by molar-refractivity contribution is 7.91. The first-order valence-corrected chi connectivity index (χ1v) is 11.8. The van der Waals surface area contributed by atoms with Gasteiger partial charge in [-0.2, -0.15) is 0 Å². The SMILES string of the molecule is CN(CCCc1ccc(CN)c(F)c1)CCNS(=O)(=O)c1cc2ccccc2s1. The summed E-state index contributed by atoms with van der Waals surface area (Å²) in [5, 5.41) is 0.936. The molecule has 0 fully saturated rings. The van der Waals surface area contributed by atoms with Gasteiger partial charge in [0, 0.05) is 29.9 Å². The largest absolute Gasteiger partial charge is 0.326 e. The minimum atomic E-state index is -3.50. The average Bonchev–Trinajstić information content (AvgIpc) is 3.13. The maximum Gasteiger partial charge on any atom is 0.250 e. The molecule has 3 rings (SSSR count). The molecule has 1 heterocycles. The molecule has 3 N–H and O–H groups in total. The van der Waals surface area contributed by atoms with Crippen LogP contribution in [0.15, 0.2) is 52.7 Å². The number of aryl methyl sites for hydroxylation is 1. The zero-order valence-electron chi connectivity index (χ0n) is 16.4. The molecule has 0 atom stereocenters. The Kier molecular flexibility index (Phi) is 7.37. The lowest BCUT2D eigenvalue weighted by atomic mass is 10.1. The van der Waals surface area contributed by atoms with Crippen LogP contribution >= 0.6 is 11.3 Å². The van der Waals surface area contributed by atoms with Crippen molar-refractivity contribution in [2.24, 2.45) is 5.73 Å². The lowest BCUT2D eigenvalue weighted by molar-refractivity contribution is 0.334. The zero-order valence-corrected chi connectivity index (χ0v) is 18.0. The molecule has 2 aromatic carbocycles. The van der Waals surface area contributed by atoms with E-state index in [0.717, 1.165) is 35.0 Å². The van der Waals surface area contributed by atoms with Crippen LogP contribution in [-0.4, -0.2) is 40.0 Å². The second-order valence-electron chi connectivity index (χ2n) is 7.04. The van der Waals surface area contributed by atoms with Crippen molar-refractivity contribution < 1.29 is 12.8 Å². The van der Waals surface area contributed by atoms with Gasteiger partial charge in [-0.3, -0.25) is 0 Å². The number of rotatable bonds is 10. The molecule has 0 spiro atoms. The van der Waals surface area contributed by atoms with E-state index >= 15 is 0 Å². The number of benzene rings is 2. The molecular weight excluding hydrogens is 409 g/mol. The summed E-state index contributed by atoms with van der Waals surface area (Å²) in [6, 6.07) is 14.5. The van der Waals surface area contributed by atoms with Crippen LogP contribution in [-0.2, 0) is 23.0 Å². The topological polar surface area (TPSA) is 75.4 Å². The predicted octanol–water partition coefficient (Wildman–Crippen LogP) is 3.34. The van der Waals surface area contributed by atoms with Crippen molar-refractivity contribution in [1.29, 1.82) is 0 Å². The molecular formula is C21H26FN3O2S2. The second-order valence-corrected chi connectivity index (χ2v) is 10.1. The van der Waals surface area contributed by atoms with Crippen LogP contribution < -0.4 is 10.5 Å². The molecule has 0 radical (unpaired) electrons. The van der Waals surface area contributed by atoms with E-state index in [1.54, 1.807) is 18.2 Å². The molecule has 0 bridgehead atoms. The molecule has 29 heavy (non-hydrogen) atoms. The van der Waals surface area contributed by atoms with E-state index in [0.29, 0.717) is 22.9 Å². The van der Waals surface area contributed by atoms with Gasteiger partial charge in [-0.1, -0.05) is 30.3 Å². The number of likely N-dealkylation sites (N-methyl/N-ethyl adjacent to an activating group) is 1. The number of fused-ring (bicyclic) bond motifs is 1. The molecule has 0 saturated heterocycles. The maximum atomic E-state index is 13.8. The molecule has 8 heteroatoms. The van der Waals surface area contributed by atoms with Crippen LogP contribution in [0.2, 0.25) is 0 Å². The minimum absolute atomic E-state index is 0.201. The normalized spacial score (nSPS) is 12.1. The van der Waals surface area contributed by atoms with Crippen LogP contribution in [0.25, 0.3) is 10.1 Å².